The molecule has 0 saturated carbocycles. The van der Waals surface area contributed by atoms with Gasteiger partial charge in [0.05, 0.1) is 6.61 Å². The minimum absolute atomic E-state index is 0. The molecule has 0 unspecified atom stereocenters. The van der Waals surface area contributed by atoms with E-state index in [4.69, 9.17) is 4.74 Å². The molecule has 0 N–H and O–H groups in total. The van der Waals surface area contributed by atoms with Crippen molar-refractivity contribution in [1.29, 1.82) is 0 Å². The van der Waals surface area contributed by atoms with Crippen LogP contribution >= 0.6 is 0 Å². The van der Waals surface area contributed by atoms with Gasteiger partial charge in [0.15, 0.2) is 0 Å². The van der Waals surface area contributed by atoms with Gasteiger partial charge < -0.3 is 4.74 Å². The molecule has 2 rings (SSSR count). The molecule has 3 heteroatoms. The number of hydrogen-bond donors (Lipinski definition) is 0. The van der Waals surface area contributed by atoms with Crippen molar-refractivity contribution in [2.24, 2.45) is 0 Å². The molecule has 0 bridgehead atoms. The Morgan fingerprint density at radius 1 is 1.24 bits per heavy atom. The summed E-state index contributed by atoms with van der Waals surface area (Å²) in [5, 5.41) is 0. The zero-order valence-corrected chi connectivity index (χ0v) is 10.9. The van der Waals surface area contributed by atoms with Crippen molar-refractivity contribution in [3.8, 4) is 0 Å². The molecule has 17 heavy (non-hydrogen) atoms. The SMILES string of the molecule is CCOC(=O)Cc1cc[cH-]c1.[Fe+2].c1cc[cH-]c1. The molecule has 0 radical (unpaired) electrons. The van der Waals surface area contributed by atoms with E-state index in [1.807, 2.05) is 61.5 Å². The first-order chi connectivity index (χ1) is 7.83. The number of rotatable bonds is 3. The quantitative estimate of drug-likeness (QED) is 0.488. The molecule has 2 aromatic carbocycles. The molecule has 0 aliphatic rings. The van der Waals surface area contributed by atoms with E-state index in [2.05, 4.69) is 0 Å². The van der Waals surface area contributed by atoms with Crippen LogP contribution in [-0.2, 0) is 33.0 Å². The van der Waals surface area contributed by atoms with Crippen molar-refractivity contribution in [1.82, 2.24) is 0 Å². The van der Waals surface area contributed by atoms with Crippen LogP contribution in [0, 0.1) is 0 Å². The summed E-state index contributed by atoms with van der Waals surface area (Å²) in [6.45, 7) is 2.27. The summed E-state index contributed by atoms with van der Waals surface area (Å²) in [5.41, 5.74) is 1.02. The van der Waals surface area contributed by atoms with Gasteiger partial charge in [-0.05, 0) is 6.92 Å². The number of ether oxygens (including phenoxy) is 1. The van der Waals surface area contributed by atoms with Gasteiger partial charge in [-0.1, -0.05) is 0 Å². The third kappa shape index (κ3) is 7.56. The van der Waals surface area contributed by atoms with Crippen LogP contribution in [0.5, 0.6) is 0 Å². The Hall–Kier alpha value is -1.31. The van der Waals surface area contributed by atoms with Crippen LogP contribution in [-0.4, -0.2) is 12.6 Å². The van der Waals surface area contributed by atoms with Gasteiger partial charge in [-0.2, -0.15) is 42.0 Å². The van der Waals surface area contributed by atoms with E-state index in [9.17, 15) is 4.79 Å². The number of hydrogen-bond acceptors (Lipinski definition) is 2. The molecular formula is C14H16FeO2. The van der Waals surface area contributed by atoms with Crippen molar-refractivity contribution >= 4 is 5.97 Å². The third-order valence-corrected chi connectivity index (χ3v) is 1.94. The maximum absolute atomic E-state index is 10.9. The maximum Gasteiger partial charge on any atom is 2.00 e. The van der Waals surface area contributed by atoms with Crippen molar-refractivity contribution in [2.45, 2.75) is 13.3 Å². The largest absolute Gasteiger partial charge is 2.00 e. The van der Waals surface area contributed by atoms with Gasteiger partial charge in [-0.3, -0.25) is 4.79 Å². The molecule has 0 aromatic heterocycles. The summed E-state index contributed by atoms with van der Waals surface area (Å²) in [4.78, 5) is 10.9. The van der Waals surface area contributed by atoms with Crippen LogP contribution in [0.25, 0.3) is 0 Å². The molecular weight excluding hydrogens is 256 g/mol. The second-order valence-electron chi connectivity index (χ2n) is 3.24. The summed E-state index contributed by atoms with van der Waals surface area (Å²) in [6, 6.07) is 17.6. The minimum atomic E-state index is -0.154. The monoisotopic (exact) mass is 272 g/mol. The number of carbonyl (C=O) groups is 1. The molecule has 0 amide bonds. The number of carbonyl (C=O) groups excluding carboxylic acids is 1. The number of esters is 1. The Kier molecular flexibility index (Phi) is 9.12. The normalized spacial score (nSPS) is 8.53. The molecule has 0 heterocycles. The zero-order chi connectivity index (χ0) is 11.6. The molecule has 2 nitrogen and oxygen atoms in total. The average Bonchev–Trinajstić information content (AvgIpc) is 2.92. The van der Waals surface area contributed by atoms with Gasteiger partial charge in [0.1, 0.15) is 0 Å². The van der Waals surface area contributed by atoms with E-state index < -0.39 is 0 Å². The summed E-state index contributed by atoms with van der Waals surface area (Å²) >= 11 is 0. The molecule has 0 atom stereocenters. The predicted molar refractivity (Wildman–Crippen MR) is 64.4 cm³/mol. The summed E-state index contributed by atoms with van der Waals surface area (Å²) in [7, 11) is 0. The van der Waals surface area contributed by atoms with Gasteiger partial charge in [-0.15, -0.1) is 0 Å². The molecule has 2 aromatic rings. The van der Waals surface area contributed by atoms with Crippen LogP contribution in [0.1, 0.15) is 12.5 Å². The Morgan fingerprint density at radius 3 is 2.35 bits per heavy atom. The van der Waals surface area contributed by atoms with Gasteiger partial charge in [0, 0.05) is 6.42 Å². The van der Waals surface area contributed by atoms with Gasteiger partial charge >= 0.3 is 17.1 Å². The van der Waals surface area contributed by atoms with Crippen molar-refractivity contribution in [2.75, 3.05) is 6.61 Å². The van der Waals surface area contributed by atoms with Crippen LogP contribution in [0.2, 0.25) is 0 Å². The first kappa shape index (κ1) is 15.7. The Bertz CT molecular complexity index is 346. The second kappa shape index (κ2) is 9.88. The first-order valence-electron chi connectivity index (χ1n) is 5.36. The third-order valence-electron chi connectivity index (χ3n) is 1.94. The molecule has 92 valence electrons. The first-order valence-corrected chi connectivity index (χ1v) is 5.36. The van der Waals surface area contributed by atoms with Crippen LogP contribution in [0.4, 0.5) is 0 Å². The zero-order valence-electron chi connectivity index (χ0n) is 9.78. The molecule has 0 spiro atoms. The molecule has 0 aliphatic heterocycles. The fourth-order valence-electron chi connectivity index (χ4n) is 1.23. The predicted octanol–water partition coefficient (Wildman–Crippen LogP) is 2.91. The van der Waals surface area contributed by atoms with Gasteiger partial charge in [0.25, 0.3) is 5.97 Å². The van der Waals surface area contributed by atoms with Crippen molar-refractivity contribution < 1.29 is 26.6 Å². The van der Waals surface area contributed by atoms with Gasteiger partial charge in [0.2, 0.25) is 0 Å². The van der Waals surface area contributed by atoms with E-state index >= 15 is 0 Å². The Morgan fingerprint density at radius 2 is 1.94 bits per heavy atom. The van der Waals surface area contributed by atoms with Crippen molar-refractivity contribution in [3.05, 3.63) is 60.2 Å². The summed E-state index contributed by atoms with van der Waals surface area (Å²) < 4.78 is 4.78. The smallest absolute Gasteiger partial charge is 0.467 e. The topological polar surface area (TPSA) is 26.3 Å². The fourth-order valence-corrected chi connectivity index (χ4v) is 1.23. The van der Waals surface area contributed by atoms with E-state index in [0.29, 0.717) is 13.0 Å². The molecule has 0 saturated heterocycles. The van der Waals surface area contributed by atoms with E-state index in [1.54, 1.807) is 0 Å². The van der Waals surface area contributed by atoms with Crippen LogP contribution < -0.4 is 0 Å². The van der Waals surface area contributed by atoms with E-state index in [-0.39, 0.29) is 23.0 Å². The average molecular weight is 272 g/mol. The molecule has 0 fully saturated rings. The standard InChI is InChI=1S/C9H11O2.C5H5.Fe/c1-2-11-9(10)7-8-5-3-4-6-8;1-2-4-5-3-1;/h3-6H,2,7H2,1H3;1-5H;/q2*-1;+2. The summed E-state index contributed by atoms with van der Waals surface area (Å²) in [5.74, 6) is -0.154. The van der Waals surface area contributed by atoms with Crippen molar-refractivity contribution in [3.63, 3.8) is 0 Å². The van der Waals surface area contributed by atoms with Gasteiger partial charge in [-0.25, -0.2) is 18.2 Å². The Labute approximate surface area is 113 Å². The maximum atomic E-state index is 10.9. The van der Waals surface area contributed by atoms with Crippen LogP contribution in [0.3, 0.4) is 0 Å². The van der Waals surface area contributed by atoms with E-state index in [0.717, 1.165) is 5.56 Å². The minimum Gasteiger partial charge on any atom is -0.467 e. The molecule has 0 aliphatic carbocycles. The van der Waals surface area contributed by atoms with Crippen LogP contribution in [0.15, 0.2) is 54.6 Å². The summed E-state index contributed by atoms with van der Waals surface area (Å²) in [6.07, 6.45) is 0.390. The Balaban J connectivity index is 0.000000360. The van der Waals surface area contributed by atoms with E-state index in [1.165, 1.54) is 0 Å². The fraction of sp³-hybridized carbons (Fsp3) is 0.214. The second-order valence-corrected chi connectivity index (χ2v) is 3.24.